The number of nitrogens with zero attached hydrogens (tertiary/aromatic N) is 3. The summed E-state index contributed by atoms with van der Waals surface area (Å²) in [5.41, 5.74) is 4.88. The van der Waals surface area contributed by atoms with Gasteiger partial charge in [0.15, 0.2) is 0 Å². The molecule has 114 valence electrons. The highest BCUT2D eigenvalue weighted by molar-refractivity contribution is 5.98. The molecule has 0 bridgehead atoms. The van der Waals surface area contributed by atoms with Crippen LogP contribution in [0.3, 0.4) is 0 Å². The second kappa shape index (κ2) is 4.95. The first-order valence-electron chi connectivity index (χ1n) is 7.63. The van der Waals surface area contributed by atoms with Gasteiger partial charge in [-0.05, 0) is 36.5 Å². The Balaban J connectivity index is 1.88. The predicted molar refractivity (Wildman–Crippen MR) is 82.0 cm³/mol. The third-order valence-corrected chi connectivity index (χ3v) is 4.53. The normalized spacial score (nSPS) is 17.2. The molecule has 2 aliphatic rings. The van der Waals surface area contributed by atoms with E-state index in [1.807, 2.05) is 11.6 Å². The van der Waals surface area contributed by atoms with E-state index in [0.29, 0.717) is 19.1 Å². The van der Waals surface area contributed by atoms with E-state index in [4.69, 9.17) is 4.74 Å². The van der Waals surface area contributed by atoms with E-state index in [2.05, 4.69) is 23.2 Å². The molecule has 2 aromatic rings. The average molecular weight is 297 g/mol. The third-order valence-electron chi connectivity index (χ3n) is 4.53. The first-order valence-corrected chi connectivity index (χ1v) is 7.63. The van der Waals surface area contributed by atoms with Crippen LogP contribution in [-0.4, -0.2) is 34.5 Å². The van der Waals surface area contributed by atoms with Crippen LogP contribution in [0.1, 0.15) is 46.1 Å². The van der Waals surface area contributed by atoms with Gasteiger partial charge in [0.2, 0.25) is 0 Å². The van der Waals surface area contributed by atoms with Crippen LogP contribution in [0.15, 0.2) is 24.5 Å². The lowest BCUT2D eigenvalue weighted by molar-refractivity contribution is 0.0786. The number of fused-ring (bicyclic) bond motifs is 3. The number of ether oxygens (including phenoxy) is 1. The monoisotopic (exact) mass is 297 g/mol. The lowest BCUT2D eigenvalue weighted by atomic mass is 10.0. The molecule has 5 heteroatoms. The highest BCUT2D eigenvalue weighted by Crippen LogP contribution is 2.41. The molecule has 0 spiro atoms. The van der Waals surface area contributed by atoms with Crippen LogP contribution >= 0.6 is 0 Å². The Hall–Kier alpha value is -2.14. The van der Waals surface area contributed by atoms with E-state index in [1.165, 1.54) is 18.4 Å². The zero-order valence-electron chi connectivity index (χ0n) is 12.9. The van der Waals surface area contributed by atoms with Crippen molar-refractivity contribution in [2.45, 2.75) is 31.9 Å². The Morgan fingerprint density at radius 3 is 2.91 bits per heavy atom. The standard InChI is InChI=1S/C17H19N3O2/c1-19-8-16-14(9-22-2)18-10-20(16)15-6-5-12(11-3-4-11)7-13(15)17(19)21/h5-7,10-11H,3-4,8-9H2,1-2H3. The summed E-state index contributed by atoms with van der Waals surface area (Å²) in [6.45, 7) is 1.00. The molecule has 1 amide bonds. The van der Waals surface area contributed by atoms with Gasteiger partial charge in [-0.2, -0.15) is 0 Å². The minimum Gasteiger partial charge on any atom is -0.378 e. The molecule has 5 nitrogen and oxygen atoms in total. The Kier molecular flexibility index (Phi) is 3.04. The van der Waals surface area contributed by atoms with Gasteiger partial charge in [-0.15, -0.1) is 0 Å². The summed E-state index contributed by atoms with van der Waals surface area (Å²) in [6.07, 6.45) is 4.26. The molecule has 1 saturated carbocycles. The second-order valence-corrected chi connectivity index (χ2v) is 6.15. The SMILES string of the molecule is COCc1ncn2c1CN(C)C(=O)c1cc(C3CC3)ccc1-2. The zero-order valence-corrected chi connectivity index (χ0v) is 12.9. The molecule has 0 unspecified atom stereocenters. The van der Waals surface area contributed by atoms with Gasteiger partial charge in [-0.3, -0.25) is 4.79 Å². The predicted octanol–water partition coefficient (Wildman–Crippen LogP) is 2.48. The van der Waals surface area contributed by atoms with Crippen LogP contribution in [0.4, 0.5) is 0 Å². The van der Waals surface area contributed by atoms with Crippen molar-refractivity contribution < 1.29 is 9.53 Å². The van der Waals surface area contributed by atoms with Gasteiger partial charge < -0.3 is 14.2 Å². The highest BCUT2D eigenvalue weighted by atomic mass is 16.5. The molecule has 1 fully saturated rings. The summed E-state index contributed by atoms with van der Waals surface area (Å²) in [6, 6.07) is 6.27. The summed E-state index contributed by atoms with van der Waals surface area (Å²) in [4.78, 5) is 18.9. The Bertz CT molecular complexity index is 746. The number of amides is 1. The molecular weight excluding hydrogens is 278 g/mol. The van der Waals surface area contributed by atoms with Crippen molar-refractivity contribution in [3.05, 3.63) is 47.0 Å². The lowest BCUT2D eigenvalue weighted by Crippen LogP contribution is -2.25. The fourth-order valence-corrected chi connectivity index (χ4v) is 3.15. The molecule has 1 aliphatic heterocycles. The van der Waals surface area contributed by atoms with Crippen LogP contribution in [0.2, 0.25) is 0 Å². The van der Waals surface area contributed by atoms with Gasteiger partial charge >= 0.3 is 0 Å². The van der Waals surface area contributed by atoms with Gasteiger partial charge in [-0.25, -0.2) is 4.98 Å². The molecule has 1 aliphatic carbocycles. The smallest absolute Gasteiger partial charge is 0.256 e. The topological polar surface area (TPSA) is 47.4 Å². The van der Waals surface area contributed by atoms with Gasteiger partial charge in [0.05, 0.1) is 42.1 Å². The summed E-state index contributed by atoms with van der Waals surface area (Å²) < 4.78 is 7.25. The molecule has 0 radical (unpaired) electrons. The number of carbonyl (C=O) groups excluding carboxylic acids is 1. The quantitative estimate of drug-likeness (QED) is 0.874. The molecule has 4 rings (SSSR count). The summed E-state index contributed by atoms with van der Waals surface area (Å²) in [5, 5.41) is 0. The fourth-order valence-electron chi connectivity index (χ4n) is 3.15. The lowest BCUT2D eigenvalue weighted by Gasteiger charge is -2.15. The van der Waals surface area contributed by atoms with E-state index in [1.54, 1.807) is 18.3 Å². The Labute approximate surface area is 129 Å². The Morgan fingerprint density at radius 1 is 1.36 bits per heavy atom. The van der Waals surface area contributed by atoms with Crippen molar-refractivity contribution >= 4 is 5.91 Å². The maximum Gasteiger partial charge on any atom is 0.256 e. The third kappa shape index (κ3) is 2.04. The number of hydrogen-bond donors (Lipinski definition) is 0. The minimum absolute atomic E-state index is 0.0737. The largest absolute Gasteiger partial charge is 0.378 e. The van der Waals surface area contributed by atoms with E-state index >= 15 is 0 Å². The molecule has 0 saturated heterocycles. The summed E-state index contributed by atoms with van der Waals surface area (Å²) in [5.74, 6) is 0.711. The van der Waals surface area contributed by atoms with Crippen molar-refractivity contribution in [3.8, 4) is 5.69 Å². The van der Waals surface area contributed by atoms with E-state index in [-0.39, 0.29) is 5.91 Å². The number of imidazole rings is 1. The highest BCUT2D eigenvalue weighted by Gasteiger charge is 2.29. The van der Waals surface area contributed by atoms with Crippen molar-refractivity contribution in [1.82, 2.24) is 14.5 Å². The molecule has 2 heterocycles. The molecule has 22 heavy (non-hydrogen) atoms. The van der Waals surface area contributed by atoms with Crippen LogP contribution in [0.5, 0.6) is 0 Å². The number of aromatic nitrogens is 2. The number of benzene rings is 1. The van der Waals surface area contributed by atoms with E-state index in [9.17, 15) is 4.79 Å². The Morgan fingerprint density at radius 2 is 2.18 bits per heavy atom. The zero-order chi connectivity index (χ0) is 15.3. The van der Waals surface area contributed by atoms with Gasteiger partial charge in [0, 0.05) is 14.2 Å². The van der Waals surface area contributed by atoms with Crippen LogP contribution < -0.4 is 0 Å². The summed E-state index contributed by atoms with van der Waals surface area (Å²) >= 11 is 0. The molecule has 0 atom stereocenters. The van der Waals surface area contributed by atoms with Crippen LogP contribution in [-0.2, 0) is 17.9 Å². The molecule has 1 aromatic heterocycles. The first-order chi connectivity index (χ1) is 10.7. The van der Waals surface area contributed by atoms with E-state index in [0.717, 1.165) is 22.6 Å². The van der Waals surface area contributed by atoms with E-state index < -0.39 is 0 Å². The van der Waals surface area contributed by atoms with Gasteiger partial charge in [0.1, 0.15) is 0 Å². The number of carbonyl (C=O) groups is 1. The van der Waals surface area contributed by atoms with Crippen LogP contribution in [0, 0.1) is 0 Å². The number of rotatable bonds is 3. The van der Waals surface area contributed by atoms with Crippen molar-refractivity contribution in [2.75, 3.05) is 14.2 Å². The fraction of sp³-hybridized carbons (Fsp3) is 0.412. The minimum atomic E-state index is 0.0737. The van der Waals surface area contributed by atoms with Gasteiger partial charge in [0.25, 0.3) is 5.91 Å². The maximum absolute atomic E-state index is 12.7. The number of hydrogen-bond acceptors (Lipinski definition) is 3. The summed E-state index contributed by atoms with van der Waals surface area (Å²) in [7, 11) is 3.50. The average Bonchev–Trinajstić information content (AvgIpc) is 3.31. The van der Waals surface area contributed by atoms with Crippen molar-refractivity contribution in [3.63, 3.8) is 0 Å². The molecule has 0 N–H and O–H groups in total. The van der Waals surface area contributed by atoms with Crippen molar-refractivity contribution in [2.24, 2.45) is 0 Å². The maximum atomic E-state index is 12.7. The van der Waals surface area contributed by atoms with Gasteiger partial charge in [-0.1, -0.05) is 6.07 Å². The van der Waals surface area contributed by atoms with Crippen LogP contribution in [0.25, 0.3) is 5.69 Å². The van der Waals surface area contributed by atoms with Crippen molar-refractivity contribution in [1.29, 1.82) is 0 Å². The molecular formula is C17H19N3O2. The molecule has 1 aromatic carbocycles. The second-order valence-electron chi connectivity index (χ2n) is 6.15. The first kappa shape index (κ1) is 13.5. The number of methoxy groups -OCH3 is 1.